The van der Waals surface area contributed by atoms with Crippen LogP contribution in [0.5, 0.6) is 0 Å². The van der Waals surface area contributed by atoms with Crippen molar-refractivity contribution >= 4 is 5.91 Å². The number of hydrogen-bond acceptors (Lipinski definition) is 18. The smallest absolute Gasteiger partial charge is 0.220 e. The standard InChI is InChI=1S/C69H127NO18/c1-3-5-7-9-11-13-15-17-19-20-21-22-23-24-25-26-27-28-29-30-31-32-33-34-36-38-40-42-44-46-53(74)52(70-57(75)47-45-43-41-39-37-35-18-16-14-12-10-8-6-4-2)51-83-67-63(81)60(78)65(55(49-72)85-67)88-69-64(82)61(79)66(56(50-73)86-69)87-68-62(80)59(77)58(76)54(48-71)84-68/h10,12,16,18,44,46,52-56,58-69,71-74,76-82H,3-9,11,13-15,17,19-43,45,47-51H2,1-2H3,(H,70,75)/b12-10-,18-16-,46-44+. The van der Waals surface area contributed by atoms with Gasteiger partial charge in [0.15, 0.2) is 18.9 Å². The van der Waals surface area contributed by atoms with E-state index < -0.39 is 124 Å². The van der Waals surface area contributed by atoms with Gasteiger partial charge in [0, 0.05) is 6.42 Å². The third-order valence-electron chi connectivity index (χ3n) is 17.7. The maximum absolute atomic E-state index is 13.4. The highest BCUT2D eigenvalue weighted by molar-refractivity contribution is 5.76. The second kappa shape index (κ2) is 51.4. The zero-order chi connectivity index (χ0) is 64.0. The van der Waals surface area contributed by atoms with E-state index in [2.05, 4.69) is 43.5 Å². The molecule has 88 heavy (non-hydrogen) atoms. The van der Waals surface area contributed by atoms with Gasteiger partial charge in [-0.25, -0.2) is 0 Å². The van der Waals surface area contributed by atoms with E-state index in [1.54, 1.807) is 6.08 Å². The second-order valence-corrected chi connectivity index (χ2v) is 25.3. The largest absolute Gasteiger partial charge is 0.394 e. The van der Waals surface area contributed by atoms with Crippen LogP contribution >= 0.6 is 0 Å². The number of allylic oxidation sites excluding steroid dienone is 5. The van der Waals surface area contributed by atoms with Crippen molar-refractivity contribution in [2.24, 2.45) is 0 Å². The molecule has 0 saturated carbocycles. The van der Waals surface area contributed by atoms with Gasteiger partial charge in [0.25, 0.3) is 0 Å². The topological polar surface area (TPSA) is 307 Å². The number of carbonyl (C=O) groups is 1. The summed E-state index contributed by atoms with van der Waals surface area (Å²) in [5, 5.41) is 120. The minimum atomic E-state index is -1.98. The first-order valence-corrected chi connectivity index (χ1v) is 35.2. The van der Waals surface area contributed by atoms with Crippen LogP contribution in [0.4, 0.5) is 0 Å². The summed E-state index contributed by atoms with van der Waals surface area (Å²) in [6, 6.07) is -0.980. The van der Waals surface area contributed by atoms with Crippen molar-refractivity contribution in [3.63, 3.8) is 0 Å². The van der Waals surface area contributed by atoms with Crippen LogP contribution in [-0.4, -0.2) is 193 Å². The molecule has 3 aliphatic heterocycles. The van der Waals surface area contributed by atoms with Crippen molar-refractivity contribution in [3.8, 4) is 0 Å². The SMILES string of the molecule is CCCC/C=C\C/C=C\CCCCCCCC(=O)NC(COC1OC(CO)C(OC2OC(CO)C(OC3OC(CO)C(O)C(O)C3O)C(O)C2O)C(O)C1O)C(O)/C=C/CCCCCCCCCCCCCCCCCCCCCCCCCCCCC. The molecule has 0 aromatic rings. The first kappa shape index (κ1) is 80.2. The molecule has 3 saturated heterocycles. The van der Waals surface area contributed by atoms with Gasteiger partial charge in [-0.15, -0.1) is 0 Å². The lowest BCUT2D eigenvalue weighted by molar-refractivity contribution is -0.379. The maximum atomic E-state index is 13.4. The molecule has 516 valence electrons. The number of aliphatic hydroxyl groups is 11. The van der Waals surface area contributed by atoms with E-state index in [9.17, 15) is 61.0 Å². The van der Waals surface area contributed by atoms with E-state index in [0.29, 0.717) is 6.42 Å². The number of ether oxygens (including phenoxy) is 6. The van der Waals surface area contributed by atoms with Gasteiger partial charge in [-0.3, -0.25) is 4.79 Å². The summed E-state index contributed by atoms with van der Waals surface area (Å²) in [7, 11) is 0. The van der Waals surface area contributed by atoms with Gasteiger partial charge >= 0.3 is 0 Å². The Labute approximate surface area is 530 Å². The molecule has 19 nitrogen and oxygen atoms in total. The van der Waals surface area contributed by atoms with Crippen LogP contribution in [0.1, 0.15) is 264 Å². The summed E-state index contributed by atoms with van der Waals surface area (Å²) in [6.45, 7) is 1.70. The molecule has 17 unspecified atom stereocenters. The summed E-state index contributed by atoms with van der Waals surface area (Å²) >= 11 is 0. The normalized spacial score (nSPS) is 28.6. The van der Waals surface area contributed by atoms with E-state index >= 15 is 0 Å². The van der Waals surface area contributed by atoms with Gasteiger partial charge in [0.2, 0.25) is 5.91 Å². The van der Waals surface area contributed by atoms with Gasteiger partial charge in [0.1, 0.15) is 73.2 Å². The first-order valence-electron chi connectivity index (χ1n) is 35.2. The van der Waals surface area contributed by atoms with E-state index in [1.807, 2.05) is 6.08 Å². The van der Waals surface area contributed by atoms with Crippen molar-refractivity contribution in [1.29, 1.82) is 0 Å². The molecule has 0 aromatic heterocycles. The molecule has 3 aliphatic rings. The number of carbonyl (C=O) groups excluding carboxylic acids is 1. The fourth-order valence-electron chi connectivity index (χ4n) is 11.9. The van der Waals surface area contributed by atoms with Crippen LogP contribution < -0.4 is 5.32 Å². The van der Waals surface area contributed by atoms with Gasteiger partial charge in [0.05, 0.1) is 38.6 Å². The Morgan fingerprint density at radius 2 is 0.761 bits per heavy atom. The lowest BCUT2D eigenvalue weighted by Gasteiger charge is -2.48. The number of amides is 1. The average Bonchev–Trinajstić information content (AvgIpc) is 2.85. The molecule has 0 aliphatic carbocycles. The van der Waals surface area contributed by atoms with Crippen LogP contribution in [0, 0.1) is 0 Å². The van der Waals surface area contributed by atoms with Gasteiger partial charge in [-0.05, 0) is 44.9 Å². The molecular formula is C69H127NO18. The van der Waals surface area contributed by atoms with E-state index in [4.69, 9.17) is 28.4 Å². The van der Waals surface area contributed by atoms with Crippen LogP contribution in [0.2, 0.25) is 0 Å². The molecule has 3 rings (SSSR count). The second-order valence-electron chi connectivity index (χ2n) is 25.3. The van der Waals surface area contributed by atoms with Crippen LogP contribution in [0.3, 0.4) is 0 Å². The summed E-state index contributed by atoms with van der Waals surface area (Å²) in [6.07, 6.45) is 32.8. The zero-order valence-electron chi connectivity index (χ0n) is 54.5. The summed E-state index contributed by atoms with van der Waals surface area (Å²) in [5.41, 5.74) is 0. The molecule has 0 radical (unpaired) electrons. The fourth-order valence-corrected chi connectivity index (χ4v) is 11.9. The highest BCUT2D eigenvalue weighted by Crippen LogP contribution is 2.33. The molecule has 17 atom stereocenters. The van der Waals surface area contributed by atoms with Gasteiger partial charge < -0.3 is 89.9 Å². The Kier molecular flexibility index (Phi) is 46.9. The molecule has 0 spiro atoms. The molecule has 0 aromatic carbocycles. The highest BCUT2D eigenvalue weighted by Gasteiger charge is 2.53. The minimum Gasteiger partial charge on any atom is -0.394 e. The molecule has 0 bridgehead atoms. The summed E-state index contributed by atoms with van der Waals surface area (Å²) < 4.78 is 34.3. The number of hydrogen-bond donors (Lipinski definition) is 12. The van der Waals surface area contributed by atoms with Crippen LogP contribution in [0.25, 0.3) is 0 Å². The molecular weight excluding hydrogens is 1130 g/mol. The molecule has 1 amide bonds. The fraction of sp³-hybridized carbons (Fsp3) is 0.899. The zero-order valence-corrected chi connectivity index (χ0v) is 54.5. The average molecular weight is 1260 g/mol. The molecule has 19 heteroatoms. The van der Waals surface area contributed by atoms with E-state index in [1.165, 1.54) is 167 Å². The Bertz CT molecular complexity index is 1740. The molecule has 3 heterocycles. The van der Waals surface area contributed by atoms with Gasteiger partial charge in [-0.2, -0.15) is 0 Å². The molecule has 3 fully saturated rings. The van der Waals surface area contributed by atoms with Crippen molar-refractivity contribution in [2.45, 2.75) is 369 Å². The third-order valence-corrected chi connectivity index (χ3v) is 17.7. The highest BCUT2D eigenvalue weighted by atomic mass is 16.8. The lowest BCUT2D eigenvalue weighted by atomic mass is 9.96. The third kappa shape index (κ3) is 33.2. The number of nitrogens with one attached hydrogen (secondary N) is 1. The predicted octanol–water partition coefficient (Wildman–Crippen LogP) is 9.22. The van der Waals surface area contributed by atoms with Crippen molar-refractivity contribution in [3.05, 3.63) is 36.5 Å². The minimum absolute atomic E-state index is 0.227. The van der Waals surface area contributed by atoms with Crippen LogP contribution in [-0.2, 0) is 33.2 Å². The number of unbranched alkanes of at least 4 members (excludes halogenated alkanes) is 34. The lowest BCUT2D eigenvalue weighted by Crippen LogP contribution is -2.66. The molecule has 12 N–H and O–H groups in total. The van der Waals surface area contributed by atoms with Gasteiger partial charge in [-0.1, -0.05) is 249 Å². The monoisotopic (exact) mass is 1260 g/mol. The Hall–Kier alpha value is -1.99. The Morgan fingerprint density at radius 3 is 1.19 bits per heavy atom. The van der Waals surface area contributed by atoms with Crippen molar-refractivity contribution in [1.82, 2.24) is 5.32 Å². The van der Waals surface area contributed by atoms with E-state index in [0.717, 1.165) is 70.6 Å². The van der Waals surface area contributed by atoms with Crippen LogP contribution in [0.15, 0.2) is 36.5 Å². The number of aliphatic hydroxyl groups excluding tert-OH is 11. The first-order chi connectivity index (χ1) is 42.8. The Morgan fingerprint density at radius 1 is 0.409 bits per heavy atom. The maximum Gasteiger partial charge on any atom is 0.220 e. The summed E-state index contributed by atoms with van der Waals surface area (Å²) in [5.74, 6) is -0.288. The van der Waals surface area contributed by atoms with Crippen molar-refractivity contribution < 1.29 is 89.4 Å². The number of rotatable bonds is 54. The van der Waals surface area contributed by atoms with E-state index in [-0.39, 0.29) is 18.9 Å². The quantitative estimate of drug-likeness (QED) is 0.0199. The summed E-state index contributed by atoms with van der Waals surface area (Å²) in [4.78, 5) is 13.4. The predicted molar refractivity (Wildman–Crippen MR) is 342 cm³/mol. The van der Waals surface area contributed by atoms with Crippen molar-refractivity contribution in [2.75, 3.05) is 26.4 Å². The Balaban J connectivity index is 1.40.